The van der Waals surface area contributed by atoms with Gasteiger partial charge in [-0.2, -0.15) is 0 Å². The molecule has 0 atom stereocenters. The summed E-state index contributed by atoms with van der Waals surface area (Å²) in [4.78, 5) is 11.8. The Bertz CT molecular complexity index is 905. The van der Waals surface area contributed by atoms with E-state index in [1.54, 1.807) is 24.3 Å². The number of hydrogen-bond acceptors (Lipinski definition) is 4. The van der Waals surface area contributed by atoms with E-state index in [1.807, 2.05) is 31.2 Å². The highest BCUT2D eigenvalue weighted by Gasteiger charge is 2.11. The van der Waals surface area contributed by atoms with Gasteiger partial charge in [-0.1, -0.05) is 23.6 Å². The minimum atomic E-state index is -0.217. The van der Waals surface area contributed by atoms with E-state index < -0.39 is 0 Å². The Morgan fingerprint density at radius 3 is 2.50 bits per heavy atom. The van der Waals surface area contributed by atoms with Gasteiger partial charge in [-0.3, -0.25) is 4.79 Å². The zero-order chi connectivity index (χ0) is 16.9. The van der Waals surface area contributed by atoms with E-state index in [4.69, 9.17) is 10.8 Å². The van der Waals surface area contributed by atoms with Gasteiger partial charge in [0.2, 0.25) is 11.8 Å². The highest BCUT2D eigenvalue weighted by atomic mass is 16.4. The first-order valence-corrected chi connectivity index (χ1v) is 7.40. The fraction of sp³-hybridized carbons (Fsp3) is 0.105. The Hall–Kier alpha value is -3.39. The third-order valence-corrected chi connectivity index (χ3v) is 3.44. The minimum absolute atomic E-state index is 0.199. The van der Waals surface area contributed by atoms with E-state index in [0.29, 0.717) is 17.3 Å². The van der Waals surface area contributed by atoms with Crippen LogP contribution < -0.4 is 5.32 Å². The molecule has 5 heteroatoms. The van der Waals surface area contributed by atoms with Gasteiger partial charge in [0.1, 0.15) is 0 Å². The molecule has 0 aliphatic heterocycles. The topological polar surface area (TPSA) is 68.0 Å². The second-order valence-electron chi connectivity index (χ2n) is 5.25. The molecular formula is C19H15N3O2. The van der Waals surface area contributed by atoms with Crippen LogP contribution in [-0.4, -0.2) is 22.6 Å². The van der Waals surface area contributed by atoms with Gasteiger partial charge in [-0.05, 0) is 43.3 Å². The molecule has 3 aromatic rings. The summed E-state index contributed by atoms with van der Waals surface area (Å²) in [7, 11) is 0. The van der Waals surface area contributed by atoms with Crippen LogP contribution in [-0.2, 0) is 0 Å². The fourth-order valence-corrected chi connectivity index (χ4v) is 2.23. The van der Waals surface area contributed by atoms with Crippen molar-refractivity contribution in [3.8, 4) is 35.3 Å². The lowest BCUT2D eigenvalue weighted by atomic mass is 10.1. The van der Waals surface area contributed by atoms with Crippen molar-refractivity contribution < 1.29 is 9.21 Å². The van der Waals surface area contributed by atoms with Gasteiger partial charge in [-0.25, -0.2) is 0 Å². The molecule has 0 radical (unpaired) electrons. The third-order valence-electron chi connectivity index (χ3n) is 3.44. The van der Waals surface area contributed by atoms with Gasteiger partial charge in [0.05, 0.1) is 6.54 Å². The maximum Gasteiger partial charge on any atom is 0.252 e. The molecule has 0 saturated heterocycles. The van der Waals surface area contributed by atoms with Crippen molar-refractivity contribution in [2.24, 2.45) is 0 Å². The number of carbonyl (C=O) groups is 1. The lowest BCUT2D eigenvalue weighted by molar-refractivity contribution is 0.0958. The Morgan fingerprint density at radius 2 is 1.83 bits per heavy atom. The SMILES string of the molecule is C#CCNC(=O)c1ccc(-c2nnc(-c3cccc(C)c3)o2)cc1. The summed E-state index contributed by atoms with van der Waals surface area (Å²) >= 11 is 0. The van der Waals surface area contributed by atoms with Crippen LogP contribution in [0.25, 0.3) is 22.9 Å². The van der Waals surface area contributed by atoms with Gasteiger partial charge in [0.25, 0.3) is 5.91 Å². The van der Waals surface area contributed by atoms with Crippen LogP contribution >= 0.6 is 0 Å². The predicted molar refractivity (Wildman–Crippen MR) is 91.1 cm³/mol. The molecule has 0 fully saturated rings. The molecular weight excluding hydrogens is 302 g/mol. The van der Waals surface area contributed by atoms with Crippen LogP contribution in [0.4, 0.5) is 0 Å². The number of nitrogens with one attached hydrogen (secondary N) is 1. The molecule has 1 N–H and O–H groups in total. The van der Waals surface area contributed by atoms with Crippen LogP contribution in [0.3, 0.4) is 0 Å². The zero-order valence-electron chi connectivity index (χ0n) is 13.1. The summed E-state index contributed by atoms with van der Waals surface area (Å²) in [5.74, 6) is 3.01. The fourth-order valence-electron chi connectivity index (χ4n) is 2.23. The highest BCUT2D eigenvalue weighted by Crippen LogP contribution is 2.24. The lowest BCUT2D eigenvalue weighted by Gasteiger charge is -2.02. The first-order valence-electron chi connectivity index (χ1n) is 7.40. The van der Waals surface area contributed by atoms with Crippen molar-refractivity contribution in [1.29, 1.82) is 0 Å². The van der Waals surface area contributed by atoms with E-state index in [0.717, 1.165) is 16.7 Å². The van der Waals surface area contributed by atoms with E-state index in [-0.39, 0.29) is 12.5 Å². The van der Waals surface area contributed by atoms with Crippen molar-refractivity contribution in [1.82, 2.24) is 15.5 Å². The largest absolute Gasteiger partial charge is 0.416 e. The van der Waals surface area contributed by atoms with E-state index in [1.165, 1.54) is 0 Å². The molecule has 0 spiro atoms. The number of benzene rings is 2. The summed E-state index contributed by atoms with van der Waals surface area (Å²) in [6.45, 7) is 2.20. The predicted octanol–water partition coefficient (Wildman–Crippen LogP) is 3.08. The standard InChI is InChI=1S/C19H15N3O2/c1-3-11-20-17(23)14-7-9-15(10-8-14)18-21-22-19(24-18)16-6-4-5-13(2)12-16/h1,4-10,12H,11H2,2H3,(H,20,23). The van der Waals surface area contributed by atoms with Crippen molar-refractivity contribution in [3.05, 3.63) is 59.7 Å². The Labute approximate surface area is 139 Å². The second-order valence-corrected chi connectivity index (χ2v) is 5.25. The van der Waals surface area contributed by atoms with E-state index >= 15 is 0 Å². The highest BCUT2D eigenvalue weighted by molar-refractivity contribution is 5.94. The van der Waals surface area contributed by atoms with Gasteiger partial charge < -0.3 is 9.73 Å². The van der Waals surface area contributed by atoms with Crippen molar-refractivity contribution >= 4 is 5.91 Å². The van der Waals surface area contributed by atoms with Crippen LogP contribution in [0.2, 0.25) is 0 Å². The lowest BCUT2D eigenvalue weighted by Crippen LogP contribution is -2.23. The maximum atomic E-state index is 11.8. The number of aryl methyl sites for hydroxylation is 1. The Morgan fingerprint density at radius 1 is 1.12 bits per heavy atom. The molecule has 1 amide bonds. The van der Waals surface area contributed by atoms with Crippen molar-refractivity contribution in [3.63, 3.8) is 0 Å². The molecule has 5 nitrogen and oxygen atoms in total. The normalized spacial score (nSPS) is 10.2. The van der Waals surface area contributed by atoms with Crippen LogP contribution in [0.15, 0.2) is 52.9 Å². The van der Waals surface area contributed by atoms with Crippen LogP contribution in [0.1, 0.15) is 15.9 Å². The molecule has 0 saturated carbocycles. The average molecular weight is 317 g/mol. The molecule has 118 valence electrons. The smallest absolute Gasteiger partial charge is 0.252 e. The molecule has 1 heterocycles. The number of rotatable bonds is 4. The summed E-state index contributed by atoms with van der Waals surface area (Å²) in [6.07, 6.45) is 5.12. The van der Waals surface area contributed by atoms with Gasteiger partial charge in [-0.15, -0.1) is 16.6 Å². The zero-order valence-corrected chi connectivity index (χ0v) is 13.1. The monoisotopic (exact) mass is 317 g/mol. The van der Waals surface area contributed by atoms with E-state index in [9.17, 15) is 4.79 Å². The summed E-state index contributed by atoms with van der Waals surface area (Å²) in [5, 5.41) is 10.8. The number of hydrogen-bond donors (Lipinski definition) is 1. The molecule has 0 unspecified atom stereocenters. The summed E-state index contributed by atoms with van der Waals surface area (Å²) < 4.78 is 5.73. The Balaban J connectivity index is 1.81. The molecule has 3 rings (SSSR count). The number of nitrogens with zero attached hydrogens (tertiary/aromatic N) is 2. The van der Waals surface area contributed by atoms with Crippen molar-refractivity contribution in [2.45, 2.75) is 6.92 Å². The average Bonchev–Trinajstić information content (AvgIpc) is 3.10. The number of carbonyl (C=O) groups excluding carboxylic acids is 1. The molecule has 2 aromatic carbocycles. The van der Waals surface area contributed by atoms with Crippen LogP contribution in [0.5, 0.6) is 0 Å². The molecule has 0 aliphatic rings. The van der Waals surface area contributed by atoms with Crippen LogP contribution in [0, 0.1) is 19.3 Å². The molecule has 24 heavy (non-hydrogen) atoms. The van der Waals surface area contributed by atoms with Gasteiger partial charge in [0.15, 0.2) is 0 Å². The van der Waals surface area contributed by atoms with E-state index in [2.05, 4.69) is 21.4 Å². The molecule has 0 bridgehead atoms. The Kier molecular flexibility index (Phi) is 4.39. The second kappa shape index (κ2) is 6.80. The number of amides is 1. The maximum absolute atomic E-state index is 11.8. The van der Waals surface area contributed by atoms with Gasteiger partial charge >= 0.3 is 0 Å². The summed E-state index contributed by atoms with van der Waals surface area (Å²) in [6, 6.07) is 14.8. The molecule has 1 aromatic heterocycles. The van der Waals surface area contributed by atoms with Crippen molar-refractivity contribution in [2.75, 3.05) is 6.54 Å². The number of terminal acetylenes is 1. The first kappa shape index (κ1) is 15.5. The number of aromatic nitrogens is 2. The quantitative estimate of drug-likeness (QED) is 0.751. The van der Waals surface area contributed by atoms with Gasteiger partial charge in [0, 0.05) is 16.7 Å². The summed E-state index contributed by atoms with van der Waals surface area (Å²) in [5.41, 5.74) is 3.26. The minimum Gasteiger partial charge on any atom is -0.416 e. The molecule has 0 aliphatic carbocycles. The third kappa shape index (κ3) is 3.33. The first-order chi connectivity index (χ1) is 11.7.